The molecule has 3 rings (SSSR count). The first kappa shape index (κ1) is 24.5. The number of hydrogen-bond acceptors (Lipinski definition) is 6. The second-order valence-corrected chi connectivity index (χ2v) is 10.4. The van der Waals surface area contributed by atoms with Gasteiger partial charge in [-0.25, -0.2) is 8.42 Å². The van der Waals surface area contributed by atoms with Crippen LogP contribution in [0.1, 0.15) is 24.2 Å². The number of carbonyl (C=O) groups is 1. The molecule has 2 aromatic carbocycles. The Balaban J connectivity index is 2.08. The van der Waals surface area contributed by atoms with E-state index in [2.05, 4.69) is 10.9 Å². The first-order valence-electron chi connectivity index (χ1n) is 10.0. The van der Waals surface area contributed by atoms with E-state index in [4.69, 9.17) is 15.9 Å². The highest BCUT2D eigenvalue weighted by Gasteiger charge is 2.23. The third-order valence-electron chi connectivity index (χ3n) is 5.14. The van der Waals surface area contributed by atoms with Crippen molar-refractivity contribution in [1.82, 2.24) is 8.87 Å². The predicted molar refractivity (Wildman–Crippen MR) is 128 cm³/mol. The van der Waals surface area contributed by atoms with Gasteiger partial charge in [0.25, 0.3) is 5.91 Å². The fourth-order valence-electron chi connectivity index (χ4n) is 3.14. The average molecular weight is 488 g/mol. The predicted octanol–water partition coefficient (Wildman–Crippen LogP) is 3.12. The van der Waals surface area contributed by atoms with Crippen LogP contribution in [0.5, 0.6) is 11.5 Å². The summed E-state index contributed by atoms with van der Waals surface area (Å²) in [5.74, 6) is 3.25. The van der Waals surface area contributed by atoms with Crippen molar-refractivity contribution in [2.24, 2.45) is 4.99 Å². The molecule has 0 aliphatic carbocycles. The number of fused-ring (bicyclic) bond motifs is 1. The van der Waals surface area contributed by atoms with Crippen molar-refractivity contribution in [1.29, 1.82) is 0 Å². The monoisotopic (exact) mass is 487 g/mol. The molecule has 1 heterocycles. The summed E-state index contributed by atoms with van der Waals surface area (Å²) >= 11 is 1.25. The van der Waals surface area contributed by atoms with Crippen LogP contribution in [-0.2, 0) is 16.6 Å². The van der Waals surface area contributed by atoms with E-state index in [-0.39, 0.29) is 23.0 Å². The minimum atomic E-state index is -3.65. The standard InChI is InChI=1S/C23H25N3O5S2/c1-7-14-26-20-18(30-5)12-13-19(31-6)21(20)32-23(26)24-22(27)16-8-10-17(11-9-16)33(28,29)25(4)15(2)3/h1,8-13,15H,14H2,2-6H3. The van der Waals surface area contributed by atoms with E-state index in [1.54, 1.807) is 44.8 Å². The second-order valence-electron chi connectivity index (χ2n) is 7.38. The lowest BCUT2D eigenvalue weighted by molar-refractivity contribution is 0.0997. The lowest BCUT2D eigenvalue weighted by Crippen LogP contribution is -2.33. The summed E-state index contributed by atoms with van der Waals surface area (Å²) in [6.07, 6.45) is 5.56. The van der Waals surface area contributed by atoms with Gasteiger partial charge in [-0.3, -0.25) is 4.79 Å². The van der Waals surface area contributed by atoms with Crippen LogP contribution in [0.4, 0.5) is 0 Å². The van der Waals surface area contributed by atoms with Gasteiger partial charge in [-0.15, -0.1) is 6.42 Å². The summed E-state index contributed by atoms with van der Waals surface area (Å²) in [4.78, 5) is 17.7. The Morgan fingerprint density at radius 3 is 2.30 bits per heavy atom. The Morgan fingerprint density at radius 2 is 1.76 bits per heavy atom. The third-order valence-corrected chi connectivity index (χ3v) is 8.29. The van der Waals surface area contributed by atoms with Gasteiger partial charge in [0.15, 0.2) is 4.80 Å². The second kappa shape index (κ2) is 9.79. The Morgan fingerprint density at radius 1 is 1.15 bits per heavy atom. The summed E-state index contributed by atoms with van der Waals surface area (Å²) in [5, 5.41) is 0. The van der Waals surface area contributed by atoms with Gasteiger partial charge in [-0.1, -0.05) is 17.3 Å². The zero-order valence-electron chi connectivity index (χ0n) is 19.0. The van der Waals surface area contributed by atoms with Crippen LogP contribution in [0, 0.1) is 12.3 Å². The van der Waals surface area contributed by atoms with Gasteiger partial charge in [0.1, 0.15) is 21.7 Å². The molecule has 1 aromatic heterocycles. The van der Waals surface area contributed by atoms with Gasteiger partial charge >= 0.3 is 0 Å². The normalized spacial score (nSPS) is 12.4. The highest BCUT2D eigenvalue weighted by Crippen LogP contribution is 2.35. The molecule has 0 fully saturated rings. The number of methoxy groups -OCH3 is 2. The molecule has 0 unspecified atom stereocenters. The van der Waals surface area contributed by atoms with Crippen LogP contribution >= 0.6 is 11.3 Å². The highest BCUT2D eigenvalue weighted by atomic mass is 32.2. The maximum atomic E-state index is 12.9. The number of amides is 1. The molecule has 0 aliphatic rings. The number of rotatable bonds is 7. The number of hydrogen-bond donors (Lipinski definition) is 0. The zero-order chi connectivity index (χ0) is 24.3. The van der Waals surface area contributed by atoms with E-state index in [1.165, 1.54) is 47.0 Å². The number of terminal acetylenes is 1. The van der Waals surface area contributed by atoms with Gasteiger partial charge in [-0.2, -0.15) is 9.30 Å². The van der Waals surface area contributed by atoms with Crippen LogP contribution in [0.25, 0.3) is 10.2 Å². The third kappa shape index (κ3) is 4.66. The quantitative estimate of drug-likeness (QED) is 0.478. The van der Waals surface area contributed by atoms with Gasteiger partial charge in [0, 0.05) is 18.7 Å². The van der Waals surface area contributed by atoms with E-state index in [0.717, 1.165) is 4.70 Å². The molecule has 33 heavy (non-hydrogen) atoms. The highest BCUT2D eigenvalue weighted by molar-refractivity contribution is 7.89. The number of sulfonamides is 1. The lowest BCUT2D eigenvalue weighted by atomic mass is 10.2. The molecule has 0 bridgehead atoms. The Bertz CT molecular complexity index is 1390. The summed E-state index contributed by atoms with van der Waals surface area (Å²) in [5.41, 5.74) is 0.939. The van der Waals surface area contributed by atoms with Crippen molar-refractivity contribution >= 4 is 37.5 Å². The van der Waals surface area contributed by atoms with Crippen LogP contribution in [0.15, 0.2) is 46.3 Å². The van der Waals surface area contributed by atoms with E-state index in [1.807, 2.05) is 0 Å². The number of aromatic nitrogens is 1. The van der Waals surface area contributed by atoms with E-state index < -0.39 is 15.9 Å². The summed E-state index contributed by atoms with van der Waals surface area (Å²) in [6, 6.07) is 9.06. The number of benzene rings is 2. The molecule has 0 N–H and O–H groups in total. The van der Waals surface area contributed by atoms with Crippen molar-refractivity contribution < 1.29 is 22.7 Å². The molecule has 8 nitrogen and oxygen atoms in total. The van der Waals surface area contributed by atoms with Crippen molar-refractivity contribution in [3.63, 3.8) is 0 Å². The molecule has 10 heteroatoms. The van der Waals surface area contributed by atoms with Crippen molar-refractivity contribution in [3.8, 4) is 23.8 Å². The summed E-state index contributed by atoms with van der Waals surface area (Å²) in [6.45, 7) is 3.75. The number of thiazole rings is 1. The Hall–Kier alpha value is -3.13. The van der Waals surface area contributed by atoms with Gasteiger partial charge in [0.2, 0.25) is 10.0 Å². The summed E-state index contributed by atoms with van der Waals surface area (Å²) < 4.78 is 40.0. The topological polar surface area (TPSA) is 90.2 Å². The first-order chi connectivity index (χ1) is 15.6. The van der Waals surface area contributed by atoms with Crippen molar-refractivity contribution in [2.75, 3.05) is 21.3 Å². The lowest BCUT2D eigenvalue weighted by Gasteiger charge is -2.20. The Labute approximate surface area is 197 Å². The van der Waals surface area contributed by atoms with E-state index >= 15 is 0 Å². The number of nitrogens with zero attached hydrogens (tertiary/aromatic N) is 3. The van der Waals surface area contributed by atoms with Crippen LogP contribution in [0.2, 0.25) is 0 Å². The fourth-order valence-corrected chi connectivity index (χ4v) is 5.65. The molecule has 3 aromatic rings. The minimum Gasteiger partial charge on any atom is -0.495 e. The summed E-state index contributed by atoms with van der Waals surface area (Å²) in [7, 11) is 0.975. The maximum Gasteiger partial charge on any atom is 0.279 e. The number of ether oxygens (including phenoxy) is 2. The van der Waals surface area contributed by atoms with E-state index in [0.29, 0.717) is 21.8 Å². The molecule has 174 valence electrons. The van der Waals surface area contributed by atoms with Gasteiger partial charge in [0.05, 0.1) is 25.7 Å². The van der Waals surface area contributed by atoms with Crippen LogP contribution in [-0.4, -0.2) is 50.5 Å². The molecule has 1 amide bonds. The molecule has 0 aliphatic heterocycles. The average Bonchev–Trinajstić information content (AvgIpc) is 3.16. The van der Waals surface area contributed by atoms with Crippen LogP contribution < -0.4 is 14.3 Å². The van der Waals surface area contributed by atoms with Gasteiger partial charge < -0.3 is 14.0 Å². The molecule has 0 atom stereocenters. The molecule has 0 spiro atoms. The van der Waals surface area contributed by atoms with Gasteiger partial charge in [-0.05, 0) is 50.2 Å². The molecular formula is C23H25N3O5S2. The smallest absolute Gasteiger partial charge is 0.279 e. The number of carbonyl (C=O) groups excluding carboxylic acids is 1. The zero-order valence-corrected chi connectivity index (χ0v) is 20.7. The van der Waals surface area contributed by atoms with Crippen molar-refractivity contribution in [2.45, 2.75) is 31.3 Å². The molecule has 0 saturated carbocycles. The fraction of sp³-hybridized carbons (Fsp3) is 0.304. The molecule has 0 radical (unpaired) electrons. The molecular weight excluding hydrogens is 462 g/mol. The largest absolute Gasteiger partial charge is 0.495 e. The molecule has 0 saturated heterocycles. The Kier molecular flexibility index (Phi) is 7.27. The van der Waals surface area contributed by atoms with Crippen molar-refractivity contribution in [3.05, 3.63) is 46.8 Å². The SMILES string of the molecule is C#CCn1c(=NC(=O)c2ccc(S(=O)(=O)N(C)C(C)C)cc2)sc2c(OC)ccc(OC)c21. The van der Waals surface area contributed by atoms with Crippen LogP contribution in [0.3, 0.4) is 0 Å². The maximum absolute atomic E-state index is 12.9. The first-order valence-corrected chi connectivity index (χ1v) is 12.3. The van der Waals surface area contributed by atoms with E-state index in [9.17, 15) is 13.2 Å². The minimum absolute atomic E-state index is 0.106.